The van der Waals surface area contributed by atoms with Gasteiger partial charge >= 0.3 is 0 Å². The van der Waals surface area contributed by atoms with Gasteiger partial charge in [-0.25, -0.2) is 4.98 Å². The van der Waals surface area contributed by atoms with Gasteiger partial charge in [-0.2, -0.15) is 0 Å². The molecule has 4 aromatic rings. The van der Waals surface area contributed by atoms with Crippen molar-refractivity contribution >= 4 is 28.5 Å². The second kappa shape index (κ2) is 14.6. The highest BCUT2D eigenvalue weighted by Gasteiger charge is 2.10. The number of hydrogen-bond acceptors (Lipinski definition) is 4. The van der Waals surface area contributed by atoms with Crippen LogP contribution in [0.1, 0.15) is 49.1 Å². The lowest BCUT2D eigenvalue weighted by Gasteiger charge is -2.11. The molecule has 0 aliphatic rings. The van der Waals surface area contributed by atoms with Gasteiger partial charge in [0.05, 0.1) is 17.6 Å². The summed E-state index contributed by atoms with van der Waals surface area (Å²) in [6.45, 7) is 6.28. The molecule has 0 aliphatic carbocycles. The van der Waals surface area contributed by atoms with Gasteiger partial charge in [-0.05, 0) is 93.1 Å². The van der Waals surface area contributed by atoms with E-state index in [1.165, 1.54) is 5.52 Å². The molecule has 4 rings (SSSR count). The first-order chi connectivity index (χ1) is 19.0. The average Bonchev–Trinajstić information content (AvgIpc) is 3.29. The molecule has 1 aromatic heterocycles. The van der Waals surface area contributed by atoms with E-state index in [0.29, 0.717) is 18.2 Å². The summed E-state index contributed by atoms with van der Waals surface area (Å²) in [6.07, 6.45) is 5.86. The van der Waals surface area contributed by atoms with Crippen LogP contribution in [0.4, 0.5) is 0 Å². The summed E-state index contributed by atoms with van der Waals surface area (Å²) >= 11 is 5.94. The van der Waals surface area contributed by atoms with Crippen molar-refractivity contribution in [1.29, 1.82) is 0 Å². The molecule has 206 valence electrons. The Kier molecular flexibility index (Phi) is 10.7. The smallest absolute Gasteiger partial charge is 0.257 e. The van der Waals surface area contributed by atoms with Gasteiger partial charge < -0.3 is 19.4 Å². The van der Waals surface area contributed by atoms with Crippen LogP contribution in [0, 0.1) is 13.8 Å². The normalized spacial score (nSPS) is 11.1. The molecule has 7 heteroatoms. The van der Waals surface area contributed by atoms with Gasteiger partial charge in [0.15, 0.2) is 6.61 Å². The number of ether oxygens (including phenoxy) is 2. The van der Waals surface area contributed by atoms with E-state index in [0.717, 1.165) is 79.0 Å². The number of fused-ring (bicyclic) bond motifs is 1. The maximum absolute atomic E-state index is 12.2. The van der Waals surface area contributed by atoms with Crippen LogP contribution in [-0.2, 0) is 17.8 Å². The molecule has 1 heterocycles. The molecular formula is C32H38ClN3O3. The Bertz CT molecular complexity index is 1350. The van der Waals surface area contributed by atoms with Crippen molar-refractivity contribution in [2.45, 2.75) is 58.9 Å². The quantitative estimate of drug-likeness (QED) is 0.162. The lowest BCUT2D eigenvalue weighted by Crippen LogP contribution is -2.29. The number of hydrogen-bond donors (Lipinski definition) is 1. The first-order valence-electron chi connectivity index (χ1n) is 13.8. The van der Waals surface area contributed by atoms with E-state index in [9.17, 15) is 4.79 Å². The van der Waals surface area contributed by atoms with E-state index >= 15 is 0 Å². The molecule has 0 unspecified atom stereocenters. The van der Waals surface area contributed by atoms with Crippen molar-refractivity contribution in [2.24, 2.45) is 0 Å². The van der Waals surface area contributed by atoms with E-state index in [-0.39, 0.29) is 12.5 Å². The molecule has 0 saturated carbocycles. The molecule has 1 N–H and O–H groups in total. The standard InChI is InChI=1S/C32H38ClN3O3/c1-24-13-14-25(2)30(22-24)39-23-32(37)34-19-7-3-4-12-31-35-28-10-5-6-11-29(28)36(31)20-8-9-21-38-27-17-15-26(33)16-18-27/h5-6,10-11,13-18,22H,3-4,7-9,12,19-21,23H2,1-2H3,(H,34,37). The minimum Gasteiger partial charge on any atom is -0.494 e. The van der Waals surface area contributed by atoms with Crippen LogP contribution in [0.3, 0.4) is 0 Å². The Morgan fingerprint density at radius 3 is 2.59 bits per heavy atom. The van der Waals surface area contributed by atoms with Gasteiger partial charge in [0.25, 0.3) is 5.91 Å². The number of unbranched alkanes of at least 4 members (excludes halogenated alkanes) is 3. The minimum atomic E-state index is -0.0854. The predicted molar refractivity (Wildman–Crippen MR) is 158 cm³/mol. The van der Waals surface area contributed by atoms with Crippen molar-refractivity contribution in [3.63, 3.8) is 0 Å². The van der Waals surface area contributed by atoms with Crippen molar-refractivity contribution < 1.29 is 14.3 Å². The van der Waals surface area contributed by atoms with E-state index < -0.39 is 0 Å². The highest BCUT2D eigenvalue weighted by Crippen LogP contribution is 2.20. The molecular weight excluding hydrogens is 510 g/mol. The number of amides is 1. The van der Waals surface area contributed by atoms with Crippen molar-refractivity contribution in [1.82, 2.24) is 14.9 Å². The second-order valence-corrected chi connectivity index (χ2v) is 10.3. The fourth-order valence-corrected chi connectivity index (χ4v) is 4.65. The number of nitrogens with one attached hydrogen (secondary N) is 1. The minimum absolute atomic E-state index is 0.0407. The molecule has 0 fully saturated rings. The number of nitrogens with zero attached hydrogens (tertiary/aromatic N) is 2. The Balaban J connectivity index is 1.16. The summed E-state index contributed by atoms with van der Waals surface area (Å²) in [5.74, 6) is 2.65. The van der Waals surface area contributed by atoms with E-state index in [4.69, 9.17) is 26.1 Å². The summed E-state index contributed by atoms with van der Waals surface area (Å²) in [4.78, 5) is 17.1. The third-order valence-corrected chi connectivity index (χ3v) is 6.95. The maximum atomic E-state index is 12.2. The third kappa shape index (κ3) is 8.75. The highest BCUT2D eigenvalue weighted by molar-refractivity contribution is 6.30. The average molecular weight is 548 g/mol. The Hall–Kier alpha value is -3.51. The van der Waals surface area contributed by atoms with Crippen LogP contribution in [0.15, 0.2) is 66.7 Å². The number of benzene rings is 3. The van der Waals surface area contributed by atoms with Crippen molar-refractivity contribution in [3.8, 4) is 11.5 Å². The number of halogens is 1. The van der Waals surface area contributed by atoms with Gasteiger partial charge in [0.1, 0.15) is 17.3 Å². The largest absolute Gasteiger partial charge is 0.494 e. The number of aromatic nitrogens is 2. The summed E-state index contributed by atoms with van der Waals surface area (Å²) in [7, 11) is 0. The summed E-state index contributed by atoms with van der Waals surface area (Å²) in [6, 6.07) is 21.8. The SMILES string of the molecule is Cc1ccc(C)c(OCC(=O)NCCCCCc2nc3ccccc3n2CCCCOc2ccc(Cl)cc2)c1. The molecule has 39 heavy (non-hydrogen) atoms. The molecule has 3 aromatic carbocycles. The van der Waals surface area contributed by atoms with E-state index in [1.807, 2.05) is 62.4 Å². The zero-order valence-corrected chi connectivity index (χ0v) is 23.7. The Morgan fingerprint density at radius 2 is 1.74 bits per heavy atom. The monoisotopic (exact) mass is 547 g/mol. The lowest BCUT2D eigenvalue weighted by molar-refractivity contribution is -0.123. The van der Waals surface area contributed by atoms with E-state index in [2.05, 4.69) is 28.1 Å². The topological polar surface area (TPSA) is 65.4 Å². The molecule has 0 bridgehead atoms. The van der Waals surface area contributed by atoms with Crippen LogP contribution in [-0.4, -0.2) is 35.2 Å². The van der Waals surface area contributed by atoms with Gasteiger partial charge in [-0.15, -0.1) is 0 Å². The number of para-hydroxylation sites is 2. The number of rotatable bonds is 15. The van der Waals surface area contributed by atoms with Crippen molar-refractivity contribution in [3.05, 3.63) is 88.7 Å². The number of aryl methyl sites for hydroxylation is 4. The Labute approximate surface area is 236 Å². The van der Waals surface area contributed by atoms with E-state index in [1.54, 1.807) is 0 Å². The summed E-state index contributed by atoms with van der Waals surface area (Å²) in [5.41, 5.74) is 4.38. The second-order valence-electron chi connectivity index (χ2n) is 9.90. The number of carbonyl (C=O) groups is 1. The van der Waals surface area contributed by atoms with Crippen LogP contribution in [0.25, 0.3) is 11.0 Å². The van der Waals surface area contributed by atoms with Gasteiger partial charge in [-0.3, -0.25) is 4.79 Å². The van der Waals surface area contributed by atoms with Crippen molar-refractivity contribution in [2.75, 3.05) is 19.8 Å². The molecule has 0 radical (unpaired) electrons. The Morgan fingerprint density at radius 1 is 0.923 bits per heavy atom. The van der Waals surface area contributed by atoms with Gasteiger partial charge in [0.2, 0.25) is 0 Å². The number of carbonyl (C=O) groups excluding carboxylic acids is 1. The van der Waals surface area contributed by atoms with Gasteiger partial charge in [0, 0.05) is 24.5 Å². The fourth-order valence-electron chi connectivity index (χ4n) is 4.53. The first kappa shape index (κ1) is 28.5. The van der Waals surface area contributed by atoms with Crippen LogP contribution < -0.4 is 14.8 Å². The zero-order valence-electron chi connectivity index (χ0n) is 22.9. The molecule has 6 nitrogen and oxygen atoms in total. The number of imidazole rings is 1. The fraction of sp³-hybridized carbons (Fsp3) is 0.375. The predicted octanol–water partition coefficient (Wildman–Crippen LogP) is 7.07. The third-order valence-electron chi connectivity index (χ3n) is 6.69. The molecule has 1 amide bonds. The van der Waals surface area contributed by atoms with Crippen LogP contribution in [0.5, 0.6) is 11.5 Å². The maximum Gasteiger partial charge on any atom is 0.257 e. The summed E-state index contributed by atoms with van der Waals surface area (Å²) in [5, 5.41) is 3.68. The van der Waals surface area contributed by atoms with Crippen LogP contribution >= 0.6 is 11.6 Å². The van der Waals surface area contributed by atoms with Gasteiger partial charge in [-0.1, -0.05) is 42.3 Å². The molecule has 0 spiro atoms. The summed E-state index contributed by atoms with van der Waals surface area (Å²) < 4.78 is 13.9. The highest BCUT2D eigenvalue weighted by atomic mass is 35.5. The molecule has 0 atom stereocenters. The zero-order chi connectivity index (χ0) is 27.5. The first-order valence-corrected chi connectivity index (χ1v) is 14.2. The molecule has 0 aliphatic heterocycles. The molecule has 0 saturated heterocycles. The lowest BCUT2D eigenvalue weighted by atomic mass is 10.1. The van der Waals surface area contributed by atoms with Crippen LogP contribution in [0.2, 0.25) is 5.02 Å².